The summed E-state index contributed by atoms with van der Waals surface area (Å²) in [7, 11) is -4.67. The fourth-order valence-electron chi connectivity index (χ4n) is 1.03. The highest BCUT2D eigenvalue weighted by Gasteiger charge is 1.93. The van der Waals surface area contributed by atoms with Crippen molar-refractivity contribution >= 4 is 10.4 Å². The smallest absolute Gasteiger partial charge is 0.379 e. The Labute approximate surface area is 101 Å². The van der Waals surface area contributed by atoms with Gasteiger partial charge in [-0.1, -0.05) is 0 Å². The zero-order chi connectivity index (χ0) is 13.0. The molecule has 2 saturated heterocycles. The first kappa shape index (κ1) is 16.7. The molecule has 0 aromatic heterocycles. The molecule has 4 N–H and O–H groups in total. The van der Waals surface area contributed by atoms with Crippen molar-refractivity contribution in [2.45, 2.75) is 0 Å². The Hall–Kier alpha value is -0.290. The van der Waals surface area contributed by atoms with Crippen molar-refractivity contribution in [3.63, 3.8) is 0 Å². The van der Waals surface area contributed by atoms with E-state index in [1.807, 2.05) is 0 Å². The van der Waals surface area contributed by atoms with Gasteiger partial charge in [0.15, 0.2) is 0 Å². The van der Waals surface area contributed by atoms with Gasteiger partial charge in [0, 0.05) is 26.2 Å². The van der Waals surface area contributed by atoms with Gasteiger partial charge in [-0.3, -0.25) is 9.11 Å². The van der Waals surface area contributed by atoms with Crippen molar-refractivity contribution in [3.05, 3.63) is 0 Å². The monoisotopic (exact) mass is 272 g/mol. The summed E-state index contributed by atoms with van der Waals surface area (Å²) in [5.74, 6) is 0. The van der Waals surface area contributed by atoms with Crippen molar-refractivity contribution in [3.8, 4) is 0 Å². The maximum atomic E-state index is 8.74. The Bertz CT molecular complexity index is 208. The van der Waals surface area contributed by atoms with Crippen LogP contribution in [0.4, 0.5) is 0 Å². The van der Waals surface area contributed by atoms with Crippen molar-refractivity contribution in [1.29, 1.82) is 0 Å². The molecule has 0 aliphatic carbocycles. The number of rotatable bonds is 0. The van der Waals surface area contributed by atoms with E-state index in [9.17, 15) is 0 Å². The maximum Gasteiger partial charge on any atom is 0.394 e. The van der Waals surface area contributed by atoms with Gasteiger partial charge in [-0.2, -0.15) is 8.42 Å². The predicted octanol–water partition coefficient (Wildman–Crippen LogP) is -1.44. The van der Waals surface area contributed by atoms with Crippen LogP contribution in [-0.4, -0.2) is 70.1 Å². The lowest BCUT2D eigenvalue weighted by molar-refractivity contribution is 0.109. The quantitative estimate of drug-likeness (QED) is 0.396. The van der Waals surface area contributed by atoms with Crippen molar-refractivity contribution in [1.82, 2.24) is 10.6 Å². The van der Waals surface area contributed by atoms with Gasteiger partial charge in [-0.15, -0.1) is 0 Å². The molecule has 2 rings (SSSR count). The van der Waals surface area contributed by atoms with Crippen LogP contribution in [0.25, 0.3) is 0 Å². The van der Waals surface area contributed by atoms with Gasteiger partial charge in [0.2, 0.25) is 0 Å². The lowest BCUT2D eigenvalue weighted by atomic mass is 10.5. The first-order valence-electron chi connectivity index (χ1n) is 5.27. The second-order valence-corrected chi connectivity index (χ2v) is 4.07. The minimum Gasteiger partial charge on any atom is -0.379 e. The molecule has 0 atom stereocenters. The van der Waals surface area contributed by atoms with Crippen LogP contribution in [-0.2, 0) is 19.9 Å². The normalized spacial score (nSPS) is 20.4. The van der Waals surface area contributed by atoms with E-state index < -0.39 is 10.4 Å². The predicted molar refractivity (Wildman–Crippen MR) is 61.6 cm³/mol. The lowest BCUT2D eigenvalue weighted by Crippen LogP contribution is -2.30. The Morgan fingerprint density at radius 1 is 0.765 bits per heavy atom. The first-order valence-corrected chi connectivity index (χ1v) is 6.66. The molecule has 8 nitrogen and oxygen atoms in total. The molecular formula is C8H20N2O6S. The average Bonchev–Trinajstić information content (AvgIpc) is 2.32. The molecule has 0 aromatic carbocycles. The van der Waals surface area contributed by atoms with Crippen molar-refractivity contribution < 1.29 is 27.0 Å². The molecular weight excluding hydrogens is 252 g/mol. The third-order valence-electron chi connectivity index (χ3n) is 1.69. The Balaban J connectivity index is 0.000000228. The topological polar surface area (TPSA) is 117 Å². The third kappa shape index (κ3) is 21.5. The van der Waals surface area contributed by atoms with E-state index in [2.05, 4.69) is 10.6 Å². The fourth-order valence-corrected chi connectivity index (χ4v) is 1.03. The molecule has 0 unspecified atom stereocenters. The van der Waals surface area contributed by atoms with Gasteiger partial charge >= 0.3 is 10.4 Å². The SMILES string of the molecule is C1COCCN1.C1COCCN1.O=S(=O)(O)O. The van der Waals surface area contributed by atoms with E-state index in [0.29, 0.717) is 0 Å². The highest BCUT2D eigenvalue weighted by Crippen LogP contribution is 1.77. The Morgan fingerprint density at radius 2 is 1.00 bits per heavy atom. The molecule has 0 spiro atoms. The standard InChI is InChI=1S/2C4H9NO.H2O4S/c2*1-3-6-4-2-5-1;1-5(2,3)4/h2*5H,1-4H2;(H2,1,2,3,4). The van der Waals surface area contributed by atoms with E-state index in [-0.39, 0.29) is 0 Å². The van der Waals surface area contributed by atoms with Crippen molar-refractivity contribution in [2.75, 3.05) is 52.6 Å². The largest absolute Gasteiger partial charge is 0.394 e. The summed E-state index contributed by atoms with van der Waals surface area (Å²) < 4.78 is 41.6. The Morgan fingerprint density at radius 3 is 1.06 bits per heavy atom. The molecule has 2 aliphatic rings. The minimum absolute atomic E-state index is 0.889. The summed E-state index contributed by atoms with van der Waals surface area (Å²) >= 11 is 0. The summed E-state index contributed by atoms with van der Waals surface area (Å²) in [5, 5.41) is 6.32. The van der Waals surface area contributed by atoms with Crippen LogP contribution in [0.1, 0.15) is 0 Å². The van der Waals surface area contributed by atoms with Crippen LogP contribution in [0, 0.1) is 0 Å². The van der Waals surface area contributed by atoms with Gasteiger partial charge < -0.3 is 20.1 Å². The van der Waals surface area contributed by atoms with E-state index in [0.717, 1.165) is 52.6 Å². The number of hydrogen-bond acceptors (Lipinski definition) is 6. The minimum atomic E-state index is -4.67. The van der Waals surface area contributed by atoms with Gasteiger partial charge in [0.25, 0.3) is 0 Å². The van der Waals surface area contributed by atoms with Gasteiger partial charge in [-0.05, 0) is 0 Å². The van der Waals surface area contributed by atoms with Crippen LogP contribution in [0.2, 0.25) is 0 Å². The second kappa shape index (κ2) is 10.8. The molecule has 0 saturated carbocycles. The molecule has 2 aliphatic heterocycles. The van der Waals surface area contributed by atoms with Crippen LogP contribution in [0.3, 0.4) is 0 Å². The fraction of sp³-hybridized carbons (Fsp3) is 1.00. The summed E-state index contributed by atoms with van der Waals surface area (Å²) in [5.41, 5.74) is 0. The zero-order valence-electron chi connectivity index (χ0n) is 9.59. The van der Waals surface area contributed by atoms with Gasteiger partial charge in [-0.25, -0.2) is 0 Å². The van der Waals surface area contributed by atoms with Crippen molar-refractivity contribution in [2.24, 2.45) is 0 Å². The average molecular weight is 272 g/mol. The number of ether oxygens (including phenoxy) is 2. The molecule has 0 aromatic rings. The van der Waals surface area contributed by atoms with Crippen LogP contribution >= 0.6 is 0 Å². The maximum absolute atomic E-state index is 8.74. The lowest BCUT2D eigenvalue weighted by Gasteiger charge is -2.10. The molecule has 104 valence electrons. The number of nitrogens with one attached hydrogen (secondary N) is 2. The summed E-state index contributed by atoms with van der Waals surface area (Å²) in [6, 6.07) is 0. The van der Waals surface area contributed by atoms with Gasteiger partial charge in [0.05, 0.1) is 26.4 Å². The summed E-state index contributed by atoms with van der Waals surface area (Å²) in [4.78, 5) is 0. The van der Waals surface area contributed by atoms with Crippen LogP contribution in [0.5, 0.6) is 0 Å². The van der Waals surface area contributed by atoms with Crippen LogP contribution < -0.4 is 10.6 Å². The molecule has 0 bridgehead atoms. The highest BCUT2D eigenvalue weighted by molar-refractivity contribution is 7.79. The molecule has 2 fully saturated rings. The molecule has 2 heterocycles. The van der Waals surface area contributed by atoms with Crippen LogP contribution in [0.15, 0.2) is 0 Å². The van der Waals surface area contributed by atoms with E-state index in [1.54, 1.807) is 0 Å². The summed E-state index contributed by atoms with van der Waals surface area (Å²) in [6.07, 6.45) is 0. The first-order chi connectivity index (χ1) is 8.00. The van der Waals surface area contributed by atoms with E-state index in [1.165, 1.54) is 0 Å². The van der Waals surface area contributed by atoms with E-state index in [4.69, 9.17) is 27.0 Å². The Kier molecular flexibility index (Phi) is 10.7. The number of morpholine rings is 2. The third-order valence-corrected chi connectivity index (χ3v) is 1.69. The second-order valence-electron chi connectivity index (χ2n) is 3.17. The molecule has 0 amide bonds. The molecule has 9 heteroatoms. The molecule has 17 heavy (non-hydrogen) atoms. The number of hydrogen-bond donors (Lipinski definition) is 4. The van der Waals surface area contributed by atoms with Gasteiger partial charge in [0.1, 0.15) is 0 Å². The zero-order valence-corrected chi connectivity index (χ0v) is 10.4. The highest BCUT2D eigenvalue weighted by atomic mass is 32.3. The summed E-state index contributed by atoms with van der Waals surface area (Å²) in [6.45, 7) is 7.67. The van der Waals surface area contributed by atoms with E-state index >= 15 is 0 Å². The molecule has 0 radical (unpaired) electrons.